The molecule has 0 fully saturated rings. The van der Waals surface area contributed by atoms with Crippen molar-refractivity contribution in [2.45, 2.75) is 5.66 Å². The maximum Gasteiger partial charge on any atom is 0.372 e. The van der Waals surface area contributed by atoms with Crippen LogP contribution in [0.5, 0.6) is 11.5 Å². The Morgan fingerprint density at radius 1 is 0.694 bits per heavy atom. The third kappa shape index (κ3) is 1.89. The van der Waals surface area contributed by atoms with Gasteiger partial charge >= 0.3 is 5.66 Å². The third-order valence-corrected chi connectivity index (χ3v) is 8.23. The first-order chi connectivity index (χ1) is 17.8. The molecule has 0 saturated heterocycles. The number of aromatic nitrogens is 3. The highest BCUT2D eigenvalue weighted by molar-refractivity contribution is 5.88. The highest BCUT2D eigenvalue weighted by Gasteiger charge is 2.69. The molecule has 6 aromatic rings. The zero-order chi connectivity index (χ0) is 23.6. The highest BCUT2D eigenvalue weighted by Crippen LogP contribution is 2.60. The Bertz CT molecular complexity index is 1940. The largest absolute Gasteiger partial charge is 0.456 e. The summed E-state index contributed by atoms with van der Waals surface area (Å²) in [5.41, 5.74) is 10.4. The number of rotatable bonds is 1. The van der Waals surface area contributed by atoms with Crippen molar-refractivity contribution in [3.05, 3.63) is 120 Å². The smallest absolute Gasteiger partial charge is 0.372 e. The average molecular weight is 464 g/mol. The molecular formula is C32H21N3O+2. The molecule has 0 N–H and O–H groups in total. The Morgan fingerprint density at radius 2 is 1.42 bits per heavy atom. The van der Waals surface area contributed by atoms with Crippen molar-refractivity contribution in [1.29, 1.82) is 0 Å². The van der Waals surface area contributed by atoms with Crippen LogP contribution < -0.4 is 13.9 Å². The number of hydrogen-bond acceptors (Lipinski definition) is 1. The minimum absolute atomic E-state index is 0.545. The van der Waals surface area contributed by atoms with Crippen LogP contribution in [0.1, 0.15) is 11.1 Å². The summed E-state index contributed by atoms with van der Waals surface area (Å²) < 4.78 is 14.0. The fraction of sp³-hybridized carbons (Fsp3) is 0.0625. The van der Waals surface area contributed by atoms with Crippen LogP contribution in [-0.4, -0.2) is 4.57 Å². The summed E-state index contributed by atoms with van der Waals surface area (Å²) in [4.78, 5) is 0. The van der Waals surface area contributed by atoms with Crippen molar-refractivity contribution in [2.24, 2.45) is 7.05 Å². The maximum absolute atomic E-state index is 6.62. The van der Waals surface area contributed by atoms with Gasteiger partial charge in [-0.25, -0.2) is 4.57 Å². The summed E-state index contributed by atoms with van der Waals surface area (Å²) in [6.45, 7) is 0. The lowest BCUT2D eigenvalue weighted by Gasteiger charge is -2.27. The first kappa shape index (κ1) is 18.6. The molecule has 0 radical (unpaired) electrons. The lowest BCUT2D eigenvalue weighted by molar-refractivity contribution is -0.734. The predicted molar refractivity (Wildman–Crippen MR) is 138 cm³/mol. The van der Waals surface area contributed by atoms with Gasteiger partial charge in [-0.2, -0.15) is 4.57 Å². The van der Waals surface area contributed by atoms with E-state index in [9.17, 15) is 0 Å². The molecule has 4 aromatic carbocycles. The quantitative estimate of drug-likeness (QED) is 0.283. The van der Waals surface area contributed by atoms with E-state index in [0.717, 1.165) is 11.5 Å². The summed E-state index contributed by atoms with van der Waals surface area (Å²) in [5.74, 6) is 3.06. The van der Waals surface area contributed by atoms with Crippen LogP contribution >= 0.6 is 0 Å². The molecule has 4 nitrogen and oxygen atoms in total. The number of imidazole rings is 1. The molecule has 2 aromatic heterocycles. The molecule has 9 rings (SSSR count). The molecule has 168 valence electrons. The average Bonchev–Trinajstić information content (AvgIpc) is 3.52. The van der Waals surface area contributed by atoms with E-state index < -0.39 is 5.66 Å². The zero-order valence-electron chi connectivity index (χ0n) is 19.6. The zero-order valence-corrected chi connectivity index (χ0v) is 19.6. The van der Waals surface area contributed by atoms with Crippen LogP contribution in [0.3, 0.4) is 0 Å². The van der Waals surface area contributed by atoms with E-state index in [0.29, 0.717) is 0 Å². The molecule has 3 aliphatic rings. The van der Waals surface area contributed by atoms with Crippen molar-refractivity contribution in [1.82, 2.24) is 4.57 Å². The van der Waals surface area contributed by atoms with Crippen molar-refractivity contribution in [3.8, 4) is 45.3 Å². The molecule has 3 aliphatic heterocycles. The second-order valence-electron chi connectivity index (χ2n) is 9.88. The second-order valence-corrected chi connectivity index (χ2v) is 9.88. The van der Waals surface area contributed by atoms with Gasteiger partial charge in [0.05, 0.1) is 18.2 Å². The molecule has 0 aliphatic carbocycles. The molecule has 1 spiro atoms. The number of aryl methyl sites for hydroxylation is 1. The Morgan fingerprint density at radius 3 is 2.25 bits per heavy atom. The van der Waals surface area contributed by atoms with Gasteiger partial charge in [0, 0.05) is 12.1 Å². The second kappa shape index (κ2) is 6.10. The number of ether oxygens (including phenoxy) is 1. The number of para-hydroxylation sites is 2. The highest BCUT2D eigenvalue weighted by atomic mass is 16.5. The number of benzene rings is 4. The van der Waals surface area contributed by atoms with Crippen molar-refractivity contribution in [3.63, 3.8) is 0 Å². The number of pyridine rings is 1. The molecule has 1 atom stereocenters. The van der Waals surface area contributed by atoms with Crippen LogP contribution in [-0.2, 0) is 12.7 Å². The van der Waals surface area contributed by atoms with Crippen molar-refractivity contribution in [2.75, 3.05) is 0 Å². The van der Waals surface area contributed by atoms with E-state index in [-0.39, 0.29) is 0 Å². The number of nitrogens with zero attached hydrogens (tertiary/aromatic N) is 3. The Kier molecular flexibility index (Phi) is 3.15. The number of hydrogen-bond donors (Lipinski definition) is 0. The summed E-state index contributed by atoms with van der Waals surface area (Å²) in [6.07, 6.45) is 2.28. The van der Waals surface area contributed by atoms with Crippen LogP contribution in [0.4, 0.5) is 0 Å². The van der Waals surface area contributed by atoms with Gasteiger partial charge in [0.15, 0.2) is 17.2 Å². The van der Waals surface area contributed by atoms with Crippen molar-refractivity contribution >= 4 is 11.0 Å². The molecule has 0 amide bonds. The molecule has 0 bridgehead atoms. The van der Waals surface area contributed by atoms with Gasteiger partial charge in [-0.1, -0.05) is 54.6 Å². The monoisotopic (exact) mass is 463 g/mol. The Labute approximate surface area is 207 Å². The topological polar surface area (TPSA) is 21.9 Å². The molecule has 0 saturated carbocycles. The van der Waals surface area contributed by atoms with Gasteiger partial charge in [0.1, 0.15) is 22.6 Å². The lowest BCUT2D eigenvalue weighted by atomic mass is 9.86. The first-order valence-electron chi connectivity index (χ1n) is 12.4. The summed E-state index contributed by atoms with van der Waals surface area (Å²) in [7, 11) is 2.17. The third-order valence-electron chi connectivity index (χ3n) is 8.23. The van der Waals surface area contributed by atoms with Crippen LogP contribution in [0.2, 0.25) is 0 Å². The van der Waals surface area contributed by atoms with E-state index in [1.165, 1.54) is 55.9 Å². The van der Waals surface area contributed by atoms with Gasteiger partial charge < -0.3 is 4.74 Å². The fourth-order valence-corrected chi connectivity index (χ4v) is 6.91. The van der Waals surface area contributed by atoms with E-state index in [1.54, 1.807) is 0 Å². The van der Waals surface area contributed by atoms with Crippen molar-refractivity contribution < 1.29 is 13.9 Å². The van der Waals surface area contributed by atoms with Gasteiger partial charge in [0.2, 0.25) is 5.69 Å². The maximum atomic E-state index is 6.62. The Hall–Kier alpha value is -4.70. The van der Waals surface area contributed by atoms with E-state index >= 15 is 0 Å². The lowest BCUT2D eigenvalue weighted by Crippen LogP contribution is -2.59. The molecule has 4 heteroatoms. The van der Waals surface area contributed by atoms with Crippen LogP contribution in [0, 0.1) is 0 Å². The van der Waals surface area contributed by atoms with Crippen LogP contribution in [0.15, 0.2) is 109 Å². The van der Waals surface area contributed by atoms with Gasteiger partial charge in [-0.15, -0.1) is 4.57 Å². The Balaban J connectivity index is 1.50. The summed E-state index contributed by atoms with van der Waals surface area (Å²) in [6, 6.07) is 36.9. The SMILES string of the molecule is C[n+]1c2n(c3ccccc31)C13c4c(cccc4-c4cc(-c5ccccc5)cc[n+]41)Oc1cccc-2c13. The minimum atomic E-state index is -0.545. The van der Waals surface area contributed by atoms with Gasteiger partial charge in [0.25, 0.3) is 5.82 Å². The van der Waals surface area contributed by atoms with E-state index in [4.69, 9.17) is 4.74 Å². The van der Waals surface area contributed by atoms with E-state index in [1.807, 2.05) is 0 Å². The van der Waals surface area contributed by atoms with Gasteiger partial charge in [-0.05, 0) is 47.5 Å². The standard InChI is InChI=1S/C32H21N3O/c1-33-24-13-5-6-14-25(24)35-31(33)23-12-8-16-28-30(23)32(35)29-22(11-7-15-27(29)36-28)26-19-21(17-18-34(26)32)20-9-3-2-4-10-20/h2-19H,1H3/q+2. The molecular weight excluding hydrogens is 442 g/mol. The summed E-state index contributed by atoms with van der Waals surface area (Å²) in [5, 5.41) is 0. The van der Waals surface area contributed by atoms with E-state index in [2.05, 4.69) is 130 Å². The molecule has 36 heavy (non-hydrogen) atoms. The number of fused-ring (bicyclic) bond motifs is 6. The van der Waals surface area contributed by atoms with Gasteiger partial charge in [-0.3, -0.25) is 0 Å². The minimum Gasteiger partial charge on any atom is -0.456 e. The fourth-order valence-electron chi connectivity index (χ4n) is 6.91. The first-order valence-corrected chi connectivity index (χ1v) is 12.4. The normalized spacial score (nSPS) is 17.4. The molecule has 5 heterocycles. The molecule has 1 unspecified atom stereocenters. The summed E-state index contributed by atoms with van der Waals surface area (Å²) >= 11 is 0. The predicted octanol–water partition coefficient (Wildman–Crippen LogP) is 5.78. The van der Waals surface area contributed by atoms with Crippen LogP contribution in [0.25, 0.3) is 44.8 Å².